The Bertz CT molecular complexity index is 565. The van der Waals surface area contributed by atoms with Crippen LogP contribution in [0.25, 0.3) is 0 Å². The zero-order valence-electron chi connectivity index (χ0n) is 13.3. The molecule has 0 saturated carbocycles. The molecule has 2 heterocycles. The first kappa shape index (κ1) is 15.2. The second-order valence-corrected chi connectivity index (χ2v) is 6.62. The third-order valence-corrected chi connectivity index (χ3v) is 4.45. The summed E-state index contributed by atoms with van der Waals surface area (Å²) in [6.07, 6.45) is 3.77. The molecule has 1 saturated heterocycles. The summed E-state index contributed by atoms with van der Waals surface area (Å²) in [5.41, 5.74) is -0.201. The highest BCUT2D eigenvalue weighted by Crippen LogP contribution is 2.39. The molecule has 1 fully saturated rings. The summed E-state index contributed by atoms with van der Waals surface area (Å²) in [5.74, 6) is 0.751. The smallest absolute Gasteiger partial charge is 0.270 e. The summed E-state index contributed by atoms with van der Waals surface area (Å²) < 4.78 is 5.79. The number of hydrogen-bond donors (Lipinski definition) is 1. The molecule has 0 aliphatic carbocycles. The number of amides is 1. The van der Waals surface area contributed by atoms with E-state index >= 15 is 0 Å². The highest BCUT2D eigenvalue weighted by atomic mass is 16.5. The van der Waals surface area contributed by atoms with Crippen molar-refractivity contribution in [1.29, 1.82) is 0 Å². The van der Waals surface area contributed by atoms with Gasteiger partial charge in [0, 0.05) is 19.2 Å². The minimum absolute atomic E-state index is 0.0531. The van der Waals surface area contributed by atoms with E-state index in [2.05, 4.69) is 4.90 Å². The van der Waals surface area contributed by atoms with Crippen molar-refractivity contribution in [3.63, 3.8) is 0 Å². The first-order valence-electron chi connectivity index (χ1n) is 8.04. The van der Waals surface area contributed by atoms with Crippen LogP contribution in [0.5, 0.6) is 11.5 Å². The van der Waals surface area contributed by atoms with Gasteiger partial charge in [0.05, 0.1) is 5.69 Å². The van der Waals surface area contributed by atoms with Crippen molar-refractivity contribution < 1.29 is 14.6 Å². The Balaban J connectivity index is 1.81. The molecule has 0 spiro atoms. The normalized spacial score (nSPS) is 21.4. The number of ether oxygens (including phenoxy) is 1. The molecule has 5 heteroatoms. The second kappa shape index (κ2) is 5.80. The number of carbonyl (C=O) groups is 1. The molecular formula is C17H24N2O3. The summed E-state index contributed by atoms with van der Waals surface area (Å²) >= 11 is 0. The lowest BCUT2D eigenvalue weighted by atomic mass is 10.0. The molecule has 2 aliphatic heterocycles. The number of carbonyl (C=O) groups excluding carboxylic acids is 1. The number of likely N-dealkylation sites (tertiary alicyclic amines) is 1. The average molecular weight is 304 g/mol. The van der Waals surface area contributed by atoms with E-state index in [0.29, 0.717) is 18.0 Å². The van der Waals surface area contributed by atoms with E-state index in [1.165, 1.54) is 19.3 Å². The lowest BCUT2D eigenvalue weighted by Gasteiger charge is -2.39. The molecule has 0 aromatic heterocycles. The molecule has 0 unspecified atom stereocenters. The van der Waals surface area contributed by atoms with Gasteiger partial charge in [0.25, 0.3) is 5.91 Å². The summed E-state index contributed by atoms with van der Waals surface area (Å²) in [4.78, 5) is 16.9. The second-order valence-electron chi connectivity index (χ2n) is 6.62. The highest BCUT2D eigenvalue weighted by molar-refractivity contribution is 6.02. The fraction of sp³-hybridized carbons (Fsp3) is 0.588. The lowest BCUT2D eigenvalue weighted by molar-refractivity contribution is -0.132. The first-order chi connectivity index (χ1) is 10.5. The van der Waals surface area contributed by atoms with E-state index < -0.39 is 5.60 Å². The third kappa shape index (κ3) is 2.90. The van der Waals surface area contributed by atoms with Crippen molar-refractivity contribution in [3.8, 4) is 11.5 Å². The molecular weight excluding hydrogens is 280 g/mol. The molecule has 5 nitrogen and oxygen atoms in total. The van der Waals surface area contributed by atoms with Crippen LogP contribution in [0.2, 0.25) is 0 Å². The van der Waals surface area contributed by atoms with Gasteiger partial charge in [-0.3, -0.25) is 4.79 Å². The Morgan fingerprint density at radius 1 is 1.18 bits per heavy atom. The van der Waals surface area contributed by atoms with Crippen LogP contribution in [0.1, 0.15) is 33.1 Å². The summed E-state index contributed by atoms with van der Waals surface area (Å²) in [6.45, 7) is 7.28. The fourth-order valence-corrected chi connectivity index (χ4v) is 3.20. The maximum atomic E-state index is 12.7. The molecule has 3 rings (SSSR count). The van der Waals surface area contributed by atoms with Crippen molar-refractivity contribution in [1.82, 2.24) is 4.90 Å². The molecule has 2 aliphatic rings. The number of rotatable bonds is 3. The van der Waals surface area contributed by atoms with Crippen LogP contribution in [0, 0.1) is 0 Å². The van der Waals surface area contributed by atoms with Gasteiger partial charge in [-0.15, -0.1) is 0 Å². The van der Waals surface area contributed by atoms with Crippen LogP contribution >= 0.6 is 0 Å². The van der Waals surface area contributed by atoms with Crippen molar-refractivity contribution in [2.75, 3.05) is 31.1 Å². The summed E-state index contributed by atoms with van der Waals surface area (Å²) in [6, 6.07) is 4.93. The molecule has 0 atom stereocenters. The maximum absolute atomic E-state index is 12.7. The average Bonchev–Trinajstić information content (AvgIpc) is 2.49. The number of fused-ring (bicyclic) bond motifs is 1. The number of piperidine rings is 1. The lowest BCUT2D eigenvalue weighted by Crippen LogP contribution is -2.54. The van der Waals surface area contributed by atoms with Crippen molar-refractivity contribution in [3.05, 3.63) is 18.2 Å². The largest absolute Gasteiger partial charge is 0.508 e. The molecule has 1 aromatic carbocycles. The Labute approximate surface area is 131 Å². The van der Waals surface area contributed by atoms with Gasteiger partial charge in [-0.25, -0.2) is 0 Å². The molecule has 1 N–H and O–H groups in total. The van der Waals surface area contributed by atoms with E-state index in [9.17, 15) is 9.90 Å². The van der Waals surface area contributed by atoms with Gasteiger partial charge in [-0.05, 0) is 51.9 Å². The molecule has 0 bridgehead atoms. The van der Waals surface area contributed by atoms with Gasteiger partial charge in [0.1, 0.15) is 11.5 Å². The molecule has 120 valence electrons. The van der Waals surface area contributed by atoms with Crippen LogP contribution in [0.4, 0.5) is 5.69 Å². The van der Waals surface area contributed by atoms with E-state index in [0.717, 1.165) is 19.6 Å². The van der Waals surface area contributed by atoms with Gasteiger partial charge >= 0.3 is 0 Å². The topological polar surface area (TPSA) is 53.0 Å². The molecule has 0 radical (unpaired) electrons. The molecule has 1 aromatic rings. The minimum Gasteiger partial charge on any atom is -0.508 e. The monoisotopic (exact) mass is 304 g/mol. The van der Waals surface area contributed by atoms with Gasteiger partial charge in [-0.2, -0.15) is 0 Å². The number of nitrogens with zero attached hydrogens (tertiary/aromatic N) is 2. The van der Waals surface area contributed by atoms with Crippen LogP contribution in [-0.4, -0.2) is 47.7 Å². The molecule has 1 amide bonds. The fourth-order valence-electron chi connectivity index (χ4n) is 3.20. The Kier molecular flexibility index (Phi) is 4.00. The number of hydrogen-bond acceptors (Lipinski definition) is 4. The quantitative estimate of drug-likeness (QED) is 0.931. The van der Waals surface area contributed by atoms with Crippen LogP contribution in [0.15, 0.2) is 18.2 Å². The number of benzene rings is 1. The first-order valence-corrected chi connectivity index (χ1v) is 8.04. The van der Waals surface area contributed by atoms with Gasteiger partial charge in [0.2, 0.25) is 0 Å². The van der Waals surface area contributed by atoms with E-state index in [-0.39, 0.29) is 11.7 Å². The predicted octanol–water partition coefficient (Wildman–Crippen LogP) is 2.38. The number of phenolic OH excluding ortho intramolecular Hbond substituents is 1. The molecule has 22 heavy (non-hydrogen) atoms. The van der Waals surface area contributed by atoms with Crippen LogP contribution in [-0.2, 0) is 4.79 Å². The van der Waals surface area contributed by atoms with Crippen molar-refractivity contribution >= 4 is 11.6 Å². The van der Waals surface area contributed by atoms with Crippen LogP contribution < -0.4 is 9.64 Å². The highest BCUT2D eigenvalue weighted by Gasteiger charge is 2.40. The number of phenols is 1. The van der Waals surface area contributed by atoms with Crippen molar-refractivity contribution in [2.45, 2.75) is 38.7 Å². The minimum atomic E-state index is -0.869. The van der Waals surface area contributed by atoms with E-state index in [1.807, 2.05) is 0 Å². The van der Waals surface area contributed by atoms with Gasteiger partial charge in [-0.1, -0.05) is 6.42 Å². The zero-order chi connectivity index (χ0) is 15.7. The maximum Gasteiger partial charge on any atom is 0.270 e. The number of aromatic hydroxyl groups is 1. The third-order valence-electron chi connectivity index (χ3n) is 4.45. The van der Waals surface area contributed by atoms with Gasteiger partial charge < -0.3 is 19.6 Å². The van der Waals surface area contributed by atoms with Gasteiger partial charge in [0.15, 0.2) is 5.60 Å². The number of anilines is 1. The standard InChI is InChI=1S/C17H24N2O3/c1-17(2)16(21)19(11-10-18-8-4-3-5-9-18)14-12-13(20)6-7-15(14)22-17/h6-7,12,20H,3-5,8-11H2,1-2H3. The Morgan fingerprint density at radius 2 is 1.91 bits per heavy atom. The Morgan fingerprint density at radius 3 is 2.64 bits per heavy atom. The van der Waals surface area contributed by atoms with Crippen molar-refractivity contribution in [2.24, 2.45) is 0 Å². The SMILES string of the molecule is CC1(C)Oc2ccc(O)cc2N(CCN2CCCCC2)C1=O. The van der Waals surface area contributed by atoms with E-state index in [4.69, 9.17) is 4.74 Å². The van der Waals surface area contributed by atoms with Crippen LogP contribution in [0.3, 0.4) is 0 Å². The zero-order valence-corrected chi connectivity index (χ0v) is 13.3. The van der Waals surface area contributed by atoms with E-state index in [1.54, 1.807) is 36.9 Å². The summed E-state index contributed by atoms with van der Waals surface area (Å²) in [7, 11) is 0. The summed E-state index contributed by atoms with van der Waals surface area (Å²) in [5, 5.41) is 9.74. The predicted molar refractivity (Wildman–Crippen MR) is 85.5 cm³/mol. The Hall–Kier alpha value is -1.75.